The molecule has 3 aromatic rings. The van der Waals surface area contributed by atoms with E-state index in [1.54, 1.807) is 54.6 Å². The van der Waals surface area contributed by atoms with Crippen LogP contribution in [-0.4, -0.2) is 54.2 Å². The van der Waals surface area contributed by atoms with Gasteiger partial charge in [-0.25, -0.2) is 13.2 Å². The third-order valence-corrected chi connectivity index (χ3v) is 10.1. The van der Waals surface area contributed by atoms with Crippen LogP contribution in [0, 0.1) is 6.92 Å². The average molecular weight is 643 g/mol. The minimum absolute atomic E-state index is 0.0238. The normalized spacial score (nSPS) is 15.3. The molecular weight excluding hydrogens is 610 g/mol. The second-order valence-corrected chi connectivity index (χ2v) is 13.0. The van der Waals surface area contributed by atoms with Gasteiger partial charge in [-0.2, -0.15) is 4.31 Å². The van der Waals surface area contributed by atoms with Crippen LogP contribution in [-0.2, 0) is 26.0 Å². The summed E-state index contributed by atoms with van der Waals surface area (Å²) >= 11 is 3.36. The van der Waals surface area contributed by atoms with Crippen LogP contribution >= 0.6 is 15.9 Å². The van der Waals surface area contributed by atoms with Crippen LogP contribution in [0.1, 0.15) is 47.2 Å². The quantitative estimate of drug-likeness (QED) is 0.292. The maximum Gasteiger partial charge on any atom is 0.326 e. The fourth-order valence-corrected chi connectivity index (χ4v) is 7.03. The number of nitrogens with one attached hydrogen (secondary N) is 2. The highest BCUT2D eigenvalue weighted by Crippen LogP contribution is 2.38. The molecule has 0 unspecified atom stereocenters. The van der Waals surface area contributed by atoms with Crippen LogP contribution in [0.4, 0.5) is 5.69 Å². The predicted molar refractivity (Wildman–Crippen MR) is 159 cm³/mol. The minimum atomic E-state index is -4.01. The molecule has 3 aromatic carbocycles. The van der Waals surface area contributed by atoms with E-state index in [1.807, 2.05) is 13.0 Å². The SMILES string of the molecule is Cc1ccc(S(=O)(=O)N(C)C2(C(=O)N[C@@H](Cc3ccc(NC(=O)c4ccccc4Br)cc3)C(=O)O)CCCC2)cc1. The summed E-state index contributed by atoms with van der Waals surface area (Å²) < 4.78 is 28.7. The number of carboxylic acids is 1. The fraction of sp³-hybridized carbons (Fsp3) is 0.300. The summed E-state index contributed by atoms with van der Waals surface area (Å²) in [5.41, 5.74) is 1.14. The molecule has 0 saturated heterocycles. The first-order valence-electron chi connectivity index (χ1n) is 13.2. The van der Waals surface area contributed by atoms with Crippen LogP contribution in [0.5, 0.6) is 0 Å². The summed E-state index contributed by atoms with van der Waals surface area (Å²) in [6, 6.07) is 18.8. The van der Waals surface area contributed by atoms with Gasteiger partial charge in [0.15, 0.2) is 0 Å². The molecule has 0 aromatic heterocycles. The largest absolute Gasteiger partial charge is 0.480 e. The Bertz CT molecular complexity index is 1540. The van der Waals surface area contributed by atoms with Crippen LogP contribution in [0.3, 0.4) is 0 Å². The third kappa shape index (κ3) is 6.69. The Labute approximate surface area is 248 Å². The summed E-state index contributed by atoms with van der Waals surface area (Å²) in [6.45, 7) is 1.85. The molecule has 9 nitrogen and oxygen atoms in total. The first-order valence-corrected chi connectivity index (χ1v) is 15.4. The van der Waals surface area contributed by atoms with Gasteiger partial charge in [-0.3, -0.25) is 9.59 Å². The monoisotopic (exact) mass is 641 g/mol. The van der Waals surface area contributed by atoms with E-state index in [0.717, 1.165) is 9.87 Å². The van der Waals surface area contributed by atoms with E-state index >= 15 is 0 Å². The fourth-order valence-electron chi connectivity index (χ4n) is 5.04. The number of carboxylic acid groups (broad SMARTS) is 1. The van der Waals surface area contributed by atoms with Gasteiger partial charge in [-0.05, 0) is 77.7 Å². The van der Waals surface area contributed by atoms with Crippen LogP contribution in [0.25, 0.3) is 0 Å². The molecule has 1 aliphatic rings. The molecule has 2 amide bonds. The highest BCUT2D eigenvalue weighted by molar-refractivity contribution is 9.10. The Hall–Kier alpha value is -3.54. The van der Waals surface area contributed by atoms with E-state index in [0.29, 0.717) is 47.0 Å². The summed E-state index contributed by atoms with van der Waals surface area (Å²) in [5, 5.41) is 15.3. The Morgan fingerprint density at radius 3 is 2.17 bits per heavy atom. The number of carbonyl (C=O) groups is 3. The maximum atomic E-state index is 13.7. The van der Waals surface area contributed by atoms with Crippen molar-refractivity contribution >= 4 is 49.4 Å². The van der Waals surface area contributed by atoms with E-state index in [2.05, 4.69) is 26.6 Å². The molecule has 216 valence electrons. The highest BCUT2D eigenvalue weighted by Gasteiger charge is 2.50. The minimum Gasteiger partial charge on any atom is -0.480 e. The van der Waals surface area contributed by atoms with E-state index in [1.165, 1.54) is 19.2 Å². The number of likely N-dealkylation sites (N-methyl/N-ethyl adjacent to an activating group) is 1. The van der Waals surface area contributed by atoms with Crippen molar-refractivity contribution in [2.75, 3.05) is 12.4 Å². The number of benzene rings is 3. The van der Waals surface area contributed by atoms with Crippen LogP contribution < -0.4 is 10.6 Å². The lowest BCUT2D eigenvalue weighted by molar-refractivity contribution is -0.143. The zero-order valence-electron chi connectivity index (χ0n) is 22.8. The number of anilines is 1. The number of hydrogen-bond donors (Lipinski definition) is 3. The van der Waals surface area contributed by atoms with Crippen molar-refractivity contribution in [2.24, 2.45) is 0 Å². The standard InChI is InChI=1S/C30H32BrN3O6S/c1-20-9-15-23(16-10-20)41(39,40)34(2)30(17-5-6-18-30)29(38)33-26(28(36)37)19-21-11-13-22(14-12-21)32-27(35)24-7-3-4-8-25(24)31/h3-4,7-16,26H,5-6,17-19H2,1-2H3,(H,32,35)(H,33,38)(H,36,37)/t26-/m0/s1. The molecule has 1 atom stereocenters. The smallest absolute Gasteiger partial charge is 0.326 e. The molecule has 1 saturated carbocycles. The van der Waals surface area contributed by atoms with Crippen molar-refractivity contribution in [2.45, 2.75) is 55.5 Å². The summed E-state index contributed by atoms with van der Waals surface area (Å²) in [6.07, 6.45) is 1.85. The first kappa shape index (κ1) is 30.4. The average Bonchev–Trinajstić information content (AvgIpc) is 3.45. The van der Waals surface area contributed by atoms with Gasteiger partial charge in [0.1, 0.15) is 11.6 Å². The number of rotatable bonds is 10. The molecule has 11 heteroatoms. The first-order chi connectivity index (χ1) is 19.4. The number of hydrogen-bond acceptors (Lipinski definition) is 5. The van der Waals surface area contributed by atoms with Crippen molar-refractivity contribution in [3.8, 4) is 0 Å². The Morgan fingerprint density at radius 1 is 0.976 bits per heavy atom. The van der Waals surface area contributed by atoms with Gasteiger partial charge in [0.25, 0.3) is 5.91 Å². The molecule has 0 spiro atoms. The van der Waals surface area contributed by atoms with E-state index < -0.39 is 33.5 Å². The molecule has 41 heavy (non-hydrogen) atoms. The van der Waals surface area contributed by atoms with Crippen molar-refractivity contribution in [1.82, 2.24) is 9.62 Å². The molecule has 1 aliphatic carbocycles. The number of carbonyl (C=O) groups excluding carboxylic acids is 2. The van der Waals surface area contributed by atoms with Gasteiger partial charge in [0, 0.05) is 23.6 Å². The predicted octanol–water partition coefficient (Wildman–Crippen LogP) is 4.76. The Kier molecular flexibility index (Phi) is 9.31. The number of halogens is 1. The Morgan fingerprint density at radius 2 is 1.59 bits per heavy atom. The lowest BCUT2D eigenvalue weighted by Crippen LogP contribution is -2.60. The number of aryl methyl sites for hydroxylation is 1. The lowest BCUT2D eigenvalue weighted by atomic mass is 9.95. The van der Waals surface area contributed by atoms with Crippen LogP contribution in [0.15, 0.2) is 82.2 Å². The topological polar surface area (TPSA) is 133 Å². The van der Waals surface area contributed by atoms with Gasteiger partial charge < -0.3 is 15.7 Å². The summed E-state index contributed by atoms with van der Waals surface area (Å²) in [5.74, 6) is -2.16. The molecule has 0 aliphatic heterocycles. The molecule has 0 heterocycles. The van der Waals surface area contributed by atoms with Gasteiger partial charge in [0.2, 0.25) is 15.9 Å². The molecular formula is C30H32BrN3O6S. The highest BCUT2D eigenvalue weighted by atomic mass is 79.9. The van der Waals surface area contributed by atoms with Gasteiger partial charge >= 0.3 is 5.97 Å². The number of amides is 2. The number of aliphatic carboxylic acids is 1. The van der Waals surface area contributed by atoms with E-state index in [-0.39, 0.29) is 17.2 Å². The molecule has 1 fully saturated rings. The van der Waals surface area contributed by atoms with Crippen molar-refractivity contribution < 1.29 is 27.9 Å². The second kappa shape index (κ2) is 12.5. The summed E-state index contributed by atoms with van der Waals surface area (Å²) in [7, 11) is -2.62. The number of sulfonamides is 1. The lowest BCUT2D eigenvalue weighted by Gasteiger charge is -2.37. The molecule has 0 bridgehead atoms. The molecule has 4 rings (SSSR count). The van der Waals surface area contributed by atoms with E-state index in [9.17, 15) is 27.9 Å². The molecule has 0 radical (unpaired) electrons. The summed E-state index contributed by atoms with van der Waals surface area (Å²) in [4.78, 5) is 38.5. The van der Waals surface area contributed by atoms with Gasteiger partial charge in [0.05, 0.1) is 10.5 Å². The zero-order valence-corrected chi connectivity index (χ0v) is 25.2. The van der Waals surface area contributed by atoms with Crippen molar-refractivity contribution in [3.05, 3.63) is 94.0 Å². The molecule has 3 N–H and O–H groups in total. The second-order valence-electron chi connectivity index (χ2n) is 10.2. The number of nitrogens with zero attached hydrogens (tertiary/aromatic N) is 1. The van der Waals surface area contributed by atoms with E-state index in [4.69, 9.17) is 0 Å². The van der Waals surface area contributed by atoms with Gasteiger partial charge in [-0.1, -0.05) is 54.8 Å². The van der Waals surface area contributed by atoms with Crippen molar-refractivity contribution in [1.29, 1.82) is 0 Å². The van der Waals surface area contributed by atoms with Crippen LogP contribution in [0.2, 0.25) is 0 Å². The zero-order chi connectivity index (χ0) is 29.8. The third-order valence-electron chi connectivity index (χ3n) is 7.51. The van der Waals surface area contributed by atoms with Gasteiger partial charge in [-0.15, -0.1) is 0 Å². The Balaban J connectivity index is 1.48. The maximum absolute atomic E-state index is 13.7. The van der Waals surface area contributed by atoms with Crippen molar-refractivity contribution in [3.63, 3.8) is 0 Å².